The van der Waals surface area contributed by atoms with Crippen LogP contribution >= 0.6 is 23.2 Å². The molecule has 0 aliphatic rings. The summed E-state index contributed by atoms with van der Waals surface area (Å²) in [6, 6.07) is 24.2. The van der Waals surface area contributed by atoms with E-state index in [0.717, 1.165) is 16.7 Å². The smallest absolute Gasteiger partial charge is 0.273 e. The molecule has 0 fully saturated rings. The number of halogens is 2. The molecular formula is C29H25Cl2N3O2. The predicted octanol–water partition coefficient (Wildman–Crippen LogP) is 7.03. The summed E-state index contributed by atoms with van der Waals surface area (Å²) < 4.78 is 0. The SMILES string of the molecule is Cc1cccc(C)c1NC(=O)C(c1ccc(Cl)cc1Cl)N(Cc1ccccc1)C(=O)c1ccccn1. The minimum Gasteiger partial charge on any atom is -0.323 e. The van der Waals surface area contributed by atoms with Crippen LogP contribution in [-0.2, 0) is 11.3 Å². The highest BCUT2D eigenvalue weighted by molar-refractivity contribution is 6.35. The molecule has 7 heteroatoms. The molecule has 0 saturated heterocycles. The Morgan fingerprint density at radius 2 is 1.58 bits per heavy atom. The number of carbonyl (C=O) groups excluding carboxylic acids is 2. The van der Waals surface area contributed by atoms with Crippen LogP contribution in [-0.4, -0.2) is 21.7 Å². The highest BCUT2D eigenvalue weighted by atomic mass is 35.5. The normalized spacial score (nSPS) is 11.6. The minimum absolute atomic E-state index is 0.167. The van der Waals surface area contributed by atoms with E-state index < -0.39 is 17.9 Å². The molecule has 3 aromatic carbocycles. The van der Waals surface area contributed by atoms with Crippen molar-refractivity contribution in [3.63, 3.8) is 0 Å². The van der Waals surface area contributed by atoms with Crippen molar-refractivity contribution in [2.45, 2.75) is 26.4 Å². The average molecular weight is 518 g/mol. The minimum atomic E-state index is -1.05. The summed E-state index contributed by atoms with van der Waals surface area (Å²) in [6.45, 7) is 4.02. The molecule has 0 spiro atoms. The van der Waals surface area contributed by atoms with Crippen LogP contribution in [0.15, 0.2) is 91.1 Å². The number of hydrogen-bond acceptors (Lipinski definition) is 3. The molecule has 4 rings (SSSR count). The van der Waals surface area contributed by atoms with Crippen LogP contribution in [0.5, 0.6) is 0 Å². The average Bonchev–Trinajstić information content (AvgIpc) is 2.88. The lowest BCUT2D eigenvalue weighted by Gasteiger charge is -2.32. The summed E-state index contributed by atoms with van der Waals surface area (Å²) in [6.07, 6.45) is 1.55. The monoisotopic (exact) mass is 517 g/mol. The molecule has 0 bridgehead atoms. The predicted molar refractivity (Wildman–Crippen MR) is 144 cm³/mol. The van der Waals surface area contributed by atoms with E-state index >= 15 is 0 Å². The maximum atomic E-state index is 14.0. The Kier molecular flexibility index (Phi) is 8.04. The van der Waals surface area contributed by atoms with Gasteiger partial charge in [0, 0.05) is 34.0 Å². The van der Waals surface area contributed by atoms with Crippen LogP contribution in [0.25, 0.3) is 0 Å². The van der Waals surface area contributed by atoms with Gasteiger partial charge in [0.05, 0.1) is 0 Å². The van der Waals surface area contributed by atoms with Crippen LogP contribution < -0.4 is 5.32 Å². The Morgan fingerprint density at radius 1 is 0.889 bits per heavy atom. The number of para-hydroxylation sites is 1. The number of nitrogens with zero attached hydrogens (tertiary/aromatic N) is 2. The molecule has 1 atom stereocenters. The second-order valence-corrected chi connectivity index (χ2v) is 9.30. The molecule has 1 unspecified atom stereocenters. The first-order valence-electron chi connectivity index (χ1n) is 11.4. The molecule has 2 amide bonds. The number of carbonyl (C=O) groups is 2. The topological polar surface area (TPSA) is 62.3 Å². The maximum absolute atomic E-state index is 14.0. The lowest BCUT2D eigenvalue weighted by atomic mass is 10.0. The lowest BCUT2D eigenvalue weighted by Crippen LogP contribution is -2.41. The Hall–Kier alpha value is -3.67. The number of nitrogens with one attached hydrogen (secondary N) is 1. The van der Waals surface area contributed by atoms with Gasteiger partial charge in [-0.3, -0.25) is 14.6 Å². The first kappa shape index (κ1) is 25.4. The Morgan fingerprint density at radius 3 is 2.22 bits per heavy atom. The Balaban J connectivity index is 1.85. The van der Waals surface area contributed by atoms with Crippen molar-refractivity contribution in [3.05, 3.63) is 129 Å². The van der Waals surface area contributed by atoms with Gasteiger partial charge >= 0.3 is 0 Å². The van der Waals surface area contributed by atoms with Crippen LogP contribution in [0, 0.1) is 13.8 Å². The third-order valence-electron chi connectivity index (χ3n) is 5.89. The largest absolute Gasteiger partial charge is 0.323 e. The Bertz CT molecular complexity index is 1360. The van der Waals surface area contributed by atoms with Crippen LogP contribution in [0.4, 0.5) is 5.69 Å². The van der Waals surface area contributed by atoms with E-state index in [-0.39, 0.29) is 17.3 Å². The second kappa shape index (κ2) is 11.4. The van der Waals surface area contributed by atoms with Crippen molar-refractivity contribution < 1.29 is 9.59 Å². The van der Waals surface area contributed by atoms with Crippen molar-refractivity contribution in [1.29, 1.82) is 0 Å². The number of aromatic nitrogens is 1. The van der Waals surface area contributed by atoms with E-state index in [1.54, 1.807) is 42.6 Å². The number of amides is 2. The molecule has 182 valence electrons. The van der Waals surface area contributed by atoms with E-state index in [4.69, 9.17) is 23.2 Å². The number of pyridine rings is 1. The number of benzene rings is 3. The van der Waals surface area contributed by atoms with Gasteiger partial charge < -0.3 is 10.2 Å². The van der Waals surface area contributed by atoms with E-state index in [1.165, 1.54) is 4.90 Å². The molecule has 0 aliphatic carbocycles. The van der Waals surface area contributed by atoms with E-state index in [2.05, 4.69) is 10.3 Å². The molecular weight excluding hydrogens is 493 g/mol. The summed E-state index contributed by atoms with van der Waals surface area (Å²) in [5.41, 5.74) is 4.07. The Labute approximate surface area is 220 Å². The molecule has 0 aliphatic heterocycles. The quantitative estimate of drug-likeness (QED) is 0.286. The van der Waals surface area contributed by atoms with Gasteiger partial charge in [-0.25, -0.2) is 0 Å². The van der Waals surface area contributed by atoms with Crippen LogP contribution in [0.3, 0.4) is 0 Å². The maximum Gasteiger partial charge on any atom is 0.273 e. The molecule has 36 heavy (non-hydrogen) atoms. The molecule has 1 N–H and O–H groups in total. The van der Waals surface area contributed by atoms with Gasteiger partial charge in [0.2, 0.25) is 0 Å². The number of hydrogen-bond donors (Lipinski definition) is 1. The second-order valence-electron chi connectivity index (χ2n) is 8.46. The summed E-state index contributed by atoms with van der Waals surface area (Å²) in [4.78, 5) is 33.6. The number of aryl methyl sites for hydroxylation is 2. The highest BCUT2D eigenvalue weighted by Crippen LogP contribution is 2.34. The summed E-state index contributed by atoms with van der Waals surface area (Å²) >= 11 is 12.8. The van der Waals surface area contributed by atoms with Gasteiger partial charge in [0.15, 0.2) is 0 Å². The van der Waals surface area contributed by atoms with E-state index in [1.807, 2.05) is 62.4 Å². The van der Waals surface area contributed by atoms with Gasteiger partial charge in [-0.1, -0.05) is 83.9 Å². The fourth-order valence-corrected chi connectivity index (χ4v) is 4.59. The summed E-state index contributed by atoms with van der Waals surface area (Å²) in [5, 5.41) is 3.77. The highest BCUT2D eigenvalue weighted by Gasteiger charge is 2.34. The third-order valence-corrected chi connectivity index (χ3v) is 6.45. The summed E-state index contributed by atoms with van der Waals surface area (Å²) in [7, 11) is 0. The molecule has 1 aromatic heterocycles. The molecule has 4 aromatic rings. The third kappa shape index (κ3) is 5.76. The van der Waals surface area contributed by atoms with E-state index in [9.17, 15) is 9.59 Å². The fourth-order valence-electron chi connectivity index (χ4n) is 4.07. The number of rotatable bonds is 7. The fraction of sp³-hybridized carbons (Fsp3) is 0.138. The molecule has 1 heterocycles. The molecule has 0 radical (unpaired) electrons. The van der Waals surface area contributed by atoms with Gasteiger partial charge in [-0.15, -0.1) is 0 Å². The van der Waals surface area contributed by atoms with Crippen molar-refractivity contribution in [2.24, 2.45) is 0 Å². The number of anilines is 1. The van der Waals surface area contributed by atoms with Gasteiger partial charge in [-0.05, 0) is 54.8 Å². The molecule has 5 nitrogen and oxygen atoms in total. The van der Waals surface area contributed by atoms with Crippen LogP contribution in [0.1, 0.15) is 38.8 Å². The van der Waals surface area contributed by atoms with Gasteiger partial charge in [0.1, 0.15) is 11.7 Å². The zero-order valence-electron chi connectivity index (χ0n) is 19.9. The van der Waals surface area contributed by atoms with Gasteiger partial charge in [0.25, 0.3) is 11.8 Å². The molecule has 0 saturated carbocycles. The first-order valence-corrected chi connectivity index (χ1v) is 12.2. The van der Waals surface area contributed by atoms with Crippen LogP contribution in [0.2, 0.25) is 10.0 Å². The van der Waals surface area contributed by atoms with Crippen molar-refractivity contribution in [2.75, 3.05) is 5.32 Å². The standard InChI is InChI=1S/C29H25Cl2N3O2/c1-19-9-8-10-20(2)26(19)33-28(35)27(23-15-14-22(30)17-24(23)31)34(18-21-11-4-3-5-12-21)29(36)25-13-6-7-16-32-25/h3-17,27H,18H2,1-2H3,(H,33,35). The zero-order chi connectivity index (χ0) is 25.7. The zero-order valence-corrected chi connectivity index (χ0v) is 21.4. The van der Waals surface area contributed by atoms with E-state index in [0.29, 0.717) is 16.3 Å². The van der Waals surface area contributed by atoms with Crippen molar-refractivity contribution in [3.8, 4) is 0 Å². The van der Waals surface area contributed by atoms with Crippen molar-refractivity contribution in [1.82, 2.24) is 9.88 Å². The first-order chi connectivity index (χ1) is 17.3. The summed E-state index contributed by atoms with van der Waals surface area (Å²) in [5.74, 6) is -0.788. The lowest BCUT2D eigenvalue weighted by molar-refractivity contribution is -0.121. The van der Waals surface area contributed by atoms with Gasteiger partial charge in [-0.2, -0.15) is 0 Å². The van der Waals surface area contributed by atoms with Crippen molar-refractivity contribution >= 4 is 40.7 Å².